The minimum atomic E-state index is -0.0460. The Labute approximate surface area is 76.6 Å². The van der Waals surface area contributed by atoms with Crippen molar-refractivity contribution in [3.8, 4) is 0 Å². The van der Waals surface area contributed by atoms with Gasteiger partial charge >= 0.3 is 0 Å². The summed E-state index contributed by atoms with van der Waals surface area (Å²) >= 11 is 0. The van der Waals surface area contributed by atoms with Gasteiger partial charge in [0.2, 0.25) is 0 Å². The predicted molar refractivity (Wildman–Crippen MR) is 46.3 cm³/mol. The number of hydrogen-bond donors (Lipinski definition) is 0. The van der Waals surface area contributed by atoms with Gasteiger partial charge in [0.15, 0.2) is 0 Å². The summed E-state index contributed by atoms with van der Waals surface area (Å²) in [6, 6.07) is 0. The first-order chi connectivity index (χ1) is 6.35. The molecule has 72 valence electrons. The summed E-state index contributed by atoms with van der Waals surface area (Å²) in [7, 11) is 0. The van der Waals surface area contributed by atoms with Gasteiger partial charge in [-0.05, 0) is 18.4 Å². The van der Waals surface area contributed by atoms with E-state index < -0.39 is 0 Å². The summed E-state index contributed by atoms with van der Waals surface area (Å²) < 4.78 is 11.1. The van der Waals surface area contributed by atoms with Crippen molar-refractivity contribution in [1.82, 2.24) is 0 Å². The van der Waals surface area contributed by atoms with E-state index >= 15 is 0 Å². The molecule has 0 unspecified atom stereocenters. The molecule has 5 heteroatoms. The Bertz CT molecular complexity index is 232. The predicted octanol–water partition coefficient (Wildman–Crippen LogP) is 1.63. The first-order valence-corrected chi connectivity index (χ1v) is 4.61. The molecular weight excluding hydrogens is 170 g/mol. The molecule has 1 spiro atoms. The third-order valence-electron chi connectivity index (χ3n) is 2.75. The molecule has 0 saturated carbocycles. The monoisotopic (exact) mass is 183 g/mol. The van der Waals surface area contributed by atoms with Crippen LogP contribution in [0.4, 0.5) is 0 Å². The van der Waals surface area contributed by atoms with Crippen molar-refractivity contribution >= 4 is 0 Å². The topological polar surface area (TPSA) is 67.2 Å². The van der Waals surface area contributed by atoms with E-state index in [2.05, 4.69) is 10.0 Å². The second kappa shape index (κ2) is 3.54. The fourth-order valence-electron chi connectivity index (χ4n) is 2.03. The zero-order valence-corrected chi connectivity index (χ0v) is 7.48. The first-order valence-electron chi connectivity index (χ1n) is 4.61. The van der Waals surface area contributed by atoms with Crippen molar-refractivity contribution in [1.29, 1.82) is 0 Å². The van der Waals surface area contributed by atoms with E-state index in [1.807, 2.05) is 0 Å². The molecule has 0 amide bonds. The van der Waals surface area contributed by atoms with Gasteiger partial charge in [0.25, 0.3) is 0 Å². The van der Waals surface area contributed by atoms with Gasteiger partial charge in [0, 0.05) is 17.9 Å². The molecule has 2 heterocycles. The average Bonchev–Trinajstić information content (AvgIpc) is 2.74. The summed E-state index contributed by atoms with van der Waals surface area (Å²) in [5, 5.41) is 3.52. The Hall–Kier alpha value is -0.770. The Morgan fingerprint density at radius 1 is 1.54 bits per heavy atom. The normalized spacial score (nSPS) is 38.0. The fraction of sp³-hybridized carbons (Fsp3) is 1.00. The third-order valence-corrected chi connectivity index (χ3v) is 2.75. The lowest BCUT2D eigenvalue weighted by atomic mass is 9.99. The molecule has 2 aliphatic rings. The lowest BCUT2D eigenvalue weighted by Gasteiger charge is -2.21. The summed E-state index contributed by atoms with van der Waals surface area (Å²) in [6.45, 7) is 1.96. The molecule has 13 heavy (non-hydrogen) atoms. The van der Waals surface area contributed by atoms with Gasteiger partial charge in [-0.15, -0.1) is 0 Å². The number of rotatable bonds is 2. The maximum absolute atomic E-state index is 8.16. The minimum absolute atomic E-state index is 0.0460. The highest BCUT2D eigenvalue weighted by atomic mass is 16.6. The molecule has 0 N–H and O–H groups in total. The van der Waals surface area contributed by atoms with Gasteiger partial charge in [0.05, 0.1) is 24.9 Å². The smallest absolute Gasteiger partial charge is 0.0941 e. The molecule has 2 rings (SSSR count). The van der Waals surface area contributed by atoms with E-state index in [-0.39, 0.29) is 11.7 Å². The Balaban J connectivity index is 1.89. The van der Waals surface area contributed by atoms with Gasteiger partial charge in [-0.2, -0.15) is 0 Å². The SMILES string of the molecule is [N-]=[N+]=NC[C@H]1CC[C@@]2(CCOC2)O1. The average molecular weight is 183 g/mol. The number of nitrogens with zero attached hydrogens (tertiary/aromatic N) is 3. The molecule has 5 nitrogen and oxygen atoms in total. The Morgan fingerprint density at radius 2 is 2.46 bits per heavy atom. The van der Waals surface area contributed by atoms with Crippen LogP contribution in [0.5, 0.6) is 0 Å². The molecule has 0 radical (unpaired) electrons. The van der Waals surface area contributed by atoms with Crippen molar-refractivity contribution in [2.75, 3.05) is 19.8 Å². The standard InChI is InChI=1S/C8H13N3O2/c9-11-10-5-7-1-2-8(13-7)3-4-12-6-8/h7H,1-6H2/t7-,8+/m1/s1. The van der Waals surface area contributed by atoms with Crippen LogP contribution in [-0.4, -0.2) is 31.5 Å². The van der Waals surface area contributed by atoms with Crippen LogP contribution in [-0.2, 0) is 9.47 Å². The van der Waals surface area contributed by atoms with Gasteiger partial charge in [-0.25, -0.2) is 0 Å². The molecule has 2 fully saturated rings. The van der Waals surface area contributed by atoms with Crippen molar-refractivity contribution < 1.29 is 9.47 Å². The van der Waals surface area contributed by atoms with Crippen LogP contribution in [0, 0.1) is 0 Å². The van der Waals surface area contributed by atoms with Crippen LogP contribution in [0.2, 0.25) is 0 Å². The highest BCUT2D eigenvalue weighted by Gasteiger charge is 2.42. The molecule has 0 aliphatic carbocycles. The van der Waals surface area contributed by atoms with E-state index in [1.54, 1.807) is 0 Å². The number of ether oxygens (including phenoxy) is 2. The van der Waals surface area contributed by atoms with Crippen molar-refractivity contribution in [3.05, 3.63) is 10.4 Å². The molecule has 2 saturated heterocycles. The van der Waals surface area contributed by atoms with E-state index in [0.717, 1.165) is 25.9 Å². The molecule has 0 aromatic heterocycles. The molecule has 2 aliphatic heterocycles. The fourth-order valence-corrected chi connectivity index (χ4v) is 2.03. The maximum Gasteiger partial charge on any atom is 0.0941 e. The van der Waals surface area contributed by atoms with Crippen LogP contribution in [0.25, 0.3) is 10.4 Å². The van der Waals surface area contributed by atoms with E-state index in [0.29, 0.717) is 13.2 Å². The van der Waals surface area contributed by atoms with Crippen LogP contribution in [0.15, 0.2) is 5.11 Å². The Morgan fingerprint density at radius 3 is 3.15 bits per heavy atom. The van der Waals surface area contributed by atoms with Crippen molar-refractivity contribution in [2.45, 2.75) is 31.0 Å². The molecule has 2 atom stereocenters. The summed E-state index contributed by atoms with van der Waals surface area (Å²) in [5.41, 5.74) is 8.12. The summed E-state index contributed by atoms with van der Waals surface area (Å²) in [4.78, 5) is 2.73. The van der Waals surface area contributed by atoms with Gasteiger partial charge in [-0.3, -0.25) is 0 Å². The highest BCUT2D eigenvalue weighted by Crippen LogP contribution is 2.36. The van der Waals surface area contributed by atoms with Crippen molar-refractivity contribution in [2.24, 2.45) is 5.11 Å². The number of azide groups is 1. The second-order valence-electron chi connectivity index (χ2n) is 3.68. The largest absolute Gasteiger partial charge is 0.378 e. The van der Waals surface area contributed by atoms with E-state index in [1.165, 1.54) is 0 Å². The number of hydrogen-bond acceptors (Lipinski definition) is 3. The first kappa shape index (κ1) is 8.81. The van der Waals surface area contributed by atoms with Crippen LogP contribution >= 0.6 is 0 Å². The zero-order valence-electron chi connectivity index (χ0n) is 7.48. The lowest BCUT2D eigenvalue weighted by molar-refractivity contribution is -0.0406. The van der Waals surface area contributed by atoms with Gasteiger partial charge < -0.3 is 9.47 Å². The zero-order chi connectivity index (χ0) is 9.15. The summed E-state index contributed by atoms with van der Waals surface area (Å²) in [6.07, 6.45) is 3.12. The Kier molecular flexibility index (Phi) is 2.40. The lowest BCUT2D eigenvalue weighted by Crippen LogP contribution is -2.29. The van der Waals surface area contributed by atoms with Gasteiger partial charge in [-0.1, -0.05) is 5.11 Å². The summed E-state index contributed by atoms with van der Waals surface area (Å²) in [5.74, 6) is 0. The van der Waals surface area contributed by atoms with Gasteiger partial charge in [0.1, 0.15) is 0 Å². The maximum atomic E-state index is 8.16. The van der Waals surface area contributed by atoms with Crippen LogP contribution in [0.1, 0.15) is 19.3 Å². The van der Waals surface area contributed by atoms with Crippen LogP contribution < -0.4 is 0 Å². The van der Waals surface area contributed by atoms with E-state index in [9.17, 15) is 0 Å². The molecule has 0 aromatic carbocycles. The molecule has 0 aromatic rings. The second-order valence-corrected chi connectivity index (χ2v) is 3.68. The van der Waals surface area contributed by atoms with E-state index in [4.69, 9.17) is 15.0 Å². The van der Waals surface area contributed by atoms with Crippen molar-refractivity contribution in [3.63, 3.8) is 0 Å². The highest BCUT2D eigenvalue weighted by molar-refractivity contribution is 4.92. The third kappa shape index (κ3) is 1.77. The van der Waals surface area contributed by atoms with Crippen LogP contribution in [0.3, 0.4) is 0 Å². The quantitative estimate of drug-likeness (QED) is 0.371. The molecular formula is C8H13N3O2. The minimum Gasteiger partial charge on any atom is -0.378 e. The molecule has 0 bridgehead atoms.